The molecule has 0 amide bonds. The predicted octanol–water partition coefficient (Wildman–Crippen LogP) is 4.87. The molecular weight excluding hydrogens is 258 g/mol. The van der Waals surface area contributed by atoms with E-state index in [1.54, 1.807) is 12.3 Å². The molecule has 0 fully saturated rings. The van der Waals surface area contributed by atoms with Crippen LogP contribution in [0.2, 0.25) is 0 Å². The lowest BCUT2D eigenvalue weighted by Crippen LogP contribution is -2.11. The maximum Gasteiger partial charge on any atom is 0.124 e. The van der Waals surface area contributed by atoms with Crippen molar-refractivity contribution in [3.8, 4) is 5.75 Å². The summed E-state index contributed by atoms with van der Waals surface area (Å²) in [4.78, 5) is 4.56. The third kappa shape index (κ3) is 3.94. The van der Waals surface area contributed by atoms with Crippen LogP contribution in [0.5, 0.6) is 5.75 Å². The van der Waals surface area contributed by atoms with Gasteiger partial charge in [-0.15, -0.1) is 0 Å². The van der Waals surface area contributed by atoms with Gasteiger partial charge in [0.25, 0.3) is 0 Å². The minimum Gasteiger partial charge on any atom is -0.507 e. The molecular formula is C19H23NO. The second-order valence-corrected chi connectivity index (χ2v) is 6.39. The van der Waals surface area contributed by atoms with Crippen LogP contribution in [0.4, 0.5) is 0 Å². The van der Waals surface area contributed by atoms with Crippen LogP contribution in [-0.2, 0) is 5.41 Å². The van der Waals surface area contributed by atoms with Crippen molar-refractivity contribution >= 4 is 6.21 Å². The van der Waals surface area contributed by atoms with Crippen LogP contribution in [0.3, 0.4) is 0 Å². The van der Waals surface area contributed by atoms with Gasteiger partial charge in [0.1, 0.15) is 5.75 Å². The van der Waals surface area contributed by atoms with E-state index in [0.717, 1.165) is 5.56 Å². The Hall–Kier alpha value is -2.09. The summed E-state index contributed by atoms with van der Waals surface area (Å²) in [5, 5.41) is 9.99. The molecule has 0 aliphatic rings. The highest BCUT2D eigenvalue weighted by molar-refractivity contribution is 5.84. The first-order valence-electron chi connectivity index (χ1n) is 7.29. The maximum absolute atomic E-state index is 9.99. The Morgan fingerprint density at radius 1 is 1.05 bits per heavy atom. The molecule has 2 aromatic rings. The number of phenolic OH excluding ortho intramolecular Hbond substituents is 1. The van der Waals surface area contributed by atoms with Crippen LogP contribution < -0.4 is 0 Å². The molecule has 0 aromatic heterocycles. The lowest BCUT2D eigenvalue weighted by Gasteiger charge is -2.19. The summed E-state index contributed by atoms with van der Waals surface area (Å²) in [5.41, 5.74) is 3.18. The van der Waals surface area contributed by atoms with Crippen molar-refractivity contribution < 1.29 is 5.11 Å². The smallest absolute Gasteiger partial charge is 0.124 e. The van der Waals surface area contributed by atoms with Crippen molar-refractivity contribution in [2.75, 3.05) is 0 Å². The summed E-state index contributed by atoms with van der Waals surface area (Å²) in [5.74, 6) is 0.270. The molecule has 1 N–H and O–H groups in total. The van der Waals surface area contributed by atoms with Gasteiger partial charge < -0.3 is 5.11 Å². The van der Waals surface area contributed by atoms with E-state index in [1.807, 2.05) is 30.3 Å². The Labute approximate surface area is 127 Å². The number of hydrogen-bond acceptors (Lipinski definition) is 2. The first-order chi connectivity index (χ1) is 9.88. The number of aliphatic imine (C=N–C) groups is 1. The molecule has 2 nitrogen and oxygen atoms in total. The monoisotopic (exact) mass is 281 g/mol. The molecule has 0 aliphatic carbocycles. The van der Waals surface area contributed by atoms with Gasteiger partial charge in [-0.3, -0.25) is 4.99 Å². The SMILES string of the molecule is CC(N=Cc1cc(C(C)(C)C)ccc1O)c1ccccc1. The maximum atomic E-state index is 9.99. The molecule has 0 heterocycles. The van der Waals surface area contributed by atoms with Gasteiger partial charge in [-0.1, -0.05) is 57.2 Å². The molecule has 2 heteroatoms. The molecule has 0 saturated heterocycles. The zero-order valence-corrected chi connectivity index (χ0v) is 13.2. The molecule has 2 aromatic carbocycles. The van der Waals surface area contributed by atoms with Crippen molar-refractivity contribution in [2.24, 2.45) is 4.99 Å². The van der Waals surface area contributed by atoms with Gasteiger partial charge in [-0.25, -0.2) is 0 Å². The number of hydrogen-bond donors (Lipinski definition) is 1. The van der Waals surface area contributed by atoms with E-state index in [0.29, 0.717) is 0 Å². The molecule has 1 unspecified atom stereocenters. The Bertz CT molecular complexity index is 624. The molecule has 0 spiro atoms. The number of benzene rings is 2. The van der Waals surface area contributed by atoms with E-state index in [2.05, 4.69) is 44.8 Å². The molecule has 2 rings (SSSR count). The van der Waals surface area contributed by atoms with Crippen LogP contribution in [0, 0.1) is 0 Å². The Balaban J connectivity index is 2.25. The summed E-state index contributed by atoms with van der Waals surface area (Å²) < 4.78 is 0. The molecule has 21 heavy (non-hydrogen) atoms. The molecule has 1 atom stereocenters. The highest BCUT2D eigenvalue weighted by Gasteiger charge is 2.14. The normalized spacial score (nSPS) is 13.5. The summed E-state index contributed by atoms with van der Waals surface area (Å²) in [6, 6.07) is 15.9. The van der Waals surface area contributed by atoms with Gasteiger partial charge in [0, 0.05) is 11.8 Å². The van der Waals surface area contributed by atoms with E-state index in [9.17, 15) is 5.11 Å². The Kier molecular flexibility index (Phi) is 4.46. The van der Waals surface area contributed by atoms with Crippen molar-refractivity contribution in [1.82, 2.24) is 0 Å². The van der Waals surface area contributed by atoms with Crippen molar-refractivity contribution in [1.29, 1.82) is 0 Å². The van der Waals surface area contributed by atoms with Crippen LogP contribution in [-0.4, -0.2) is 11.3 Å². The number of aromatic hydroxyl groups is 1. The summed E-state index contributed by atoms with van der Waals surface area (Å²) in [7, 11) is 0. The number of phenols is 1. The summed E-state index contributed by atoms with van der Waals surface area (Å²) in [6.07, 6.45) is 1.77. The van der Waals surface area contributed by atoms with Gasteiger partial charge in [-0.2, -0.15) is 0 Å². The Morgan fingerprint density at radius 2 is 1.71 bits per heavy atom. The third-order valence-electron chi connectivity index (χ3n) is 3.61. The third-order valence-corrected chi connectivity index (χ3v) is 3.61. The van der Waals surface area contributed by atoms with Gasteiger partial charge >= 0.3 is 0 Å². The molecule has 0 bridgehead atoms. The van der Waals surface area contributed by atoms with E-state index in [4.69, 9.17) is 0 Å². The van der Waals surface area contributed by atoms with Gasteiger partial charge in [-0.05, 0) is 35.6 Å². The van der Waals surface area contributed by atoms with E-state index in [-0.39, 0.29) is 17.2 Å². The van der Waals surface area contributed by atoms with Gasteiger partial charge in [0.05, 0.1) is 6.04 Å². The molecule has 0 saturated carbocycles. The fraction of sp³-hybridized carbons (Fsp3) is 0.316. The Morgan fingerprint density at radius 3 is 2.33 bits per heavy atom. The standard InChI is InChI=1S/C19H23NO/c1-14(15-8-6-5-7-9-15)20-13-16-12-17(19(2,3)4)10-11-18(16)21/h5-14,21H,1-4H3. The zero-order chi connectivity index (χ0) is 15.5. The van der Waals surface area contributed by atoms with Gasteiger partial charge in [0.2, 0.25) is 0 Å². The highest BCUT2D eigenvalue weighted by Crippen LogP contribution is 2.27. The molecule has 0 radical (unpaired) electrons. The lowest BCUT2D eigenvalue weighted by atomic mass is 9.86. The summed E-state index contributed by atoms with van der Waals surface area (Å²) >= 11 is 0. The lowest BCUT2D eigenvalue weighted by molar-refractivity contribution is 0.473. The molecule has 0 aliphatic heterocycles. The minimum atomic E-state index is 0.0569. The predicted molar refractivity (Wildman–Crippen MR) is 89.3 cm³/mol. The minimum absolute atomic E-state index is 0.0569. The largest absolute Gasteiger partial charge is 0.507 e. The second-order valence-electron chi connectivity index (χ2n) is 6.39. The van der Waals surface area contributed by atoms with Crippen molar-refractivity contribution in [2.45, 2.75) is 39.2 Å². The van der Waals surface area contributed by atoms with Crippen LogP contribution in [0.1, 0.15) is 50.4 Å². The molecule has 110 valence electrons. The summed E-state index contributed by atoms with van der Waals surface area (Å²) in [6.45, 7) is 8.53. The van der Waals surface area contributed by atoms with Crippen LogP contribution in [0.25, 0.3) is 0 Å². The fourth-order valence-electron chi connectivity index (χ4n) is 2.13. The average molecular weight is 281 g/mol. The van der Waals surface area contributed by atoms with E-state index < -0.39 is 0 Å². The van der Waals surface area contributed by atoms with Crippen LogP contribution in [0.15, 0.2) is 53.5 Å². The number of nitrogens with zero attached hydrogens (tertiary/aromatic N) is 1. The fourth-order valence-corrected chi connectivity index (χ4v) is 2.13. The zero-order valence-electron chi connectivity index (χ0n) is 13.2. The van der Waals surface area contributed by atoms with Crippen molar-refractivity contribution in [3.05, 3.63) is 65.2 Å². The number of rotatable bonds is 3. The van der Waals surface area contributed by atoms with E-state index in [1.165, 1.54) is 11.1 Å². The van der Waals surface area contributed by atoms with Crippen molar-refractivity contribution in [3.63, 3.8) is 0 Å². The second kappa shape index (κ2) is 6.13. The average Bonchev–Trinajstić information content (AvgIpc) is 2.45. The topological polar surface area (TPSA) is 32.6 Å². The van der Waals surface area contributed by atoms with Crippen LogP contribution >= 0.6 is 0 Å². The quantitative estimate of drug-likeness (QED) is 0.800. The first kappa shape index (κ1) is 15.3. The highest BCUT2D eigenvalue weighted by atomic mass is 16.3. The first-order valence-corrected chi connectivity index (χ1v) is 7.29. The van der Waals surface area contributed by atoms with E-state index >= 15 is 0 Å². The van der Waals surface area contributed by atoms with Gasteiger partial charge in [0.15, 0.2) is 0 Å².